The third-order valence-corrected chi connectivity index (χ3v) is 17.6. The topological polar surface area (TPSA) is 237 Å². The van der Waals surface area contributed by atoms with Crippen LogP contribution in [0.1, 0.15) is 331 Å². The van der Waals surface area contributed by atoms with Crippen molar-refractivity contribution in [1.82, 2.24) is 0 Å². The van der Waals surface area contributed by atoms with Gasteiger partial charge in [0.1, 0.15) is 19.3 Å². The summed E-state index contributed by atoms with van der Waals surface area (Å²) in [5.41, 5.74) is 0. The van der Waals surface area contributed by atoms with Gasteiger partial charge in [0.25, 0.3) is 0 Å². The molecule has 0 aliphatic carbocycles. The summed E-state index contributed by atoms with van der Waals surface area (Å²) in [6, 6.07) is 0. The van der Waals surface area contributed by atoms with E-state index in [1.807, 2.05) is 0 Å². The van der Waals surface area contributed by atoms with Crippen molar-refractivity contribution in [2.45, 2.75) is 349 Å². The normalized spacial score (nSPS) is 14.6. The standard InChI is InChI=1S/C67H130O17P2/c1-8-10-11-12-13-14-15-21-27-36-43-50-66(71)84-63(55-78-65(70)49-42-35-30-29-33-40-47-60(7)9-2)57-82-86(75,76)80-53-61(68)52-79-85(73,74)81-56-62(54-77-64(69)48-41-34-26-23-18-20-25-32-39-46-59(5)6)83-67(72)51-44-37-28-22-17-16-19-24-31-38-45-58(3)4/h58-63,68H,8-57H2,1-7H3,(H,73,74)(H,75,76)/t60?,61-,62-,63-/m1/s1. The van der Waals surface area contributed by atoms with Crippen LogP contribution in [0.5, 0.6) is 0 Å². The quantitative estimate of drug-likeness (QED) is 0.0222. The fourth-order valence-electron chi connectivity index (χ4n) is 9.98. The number of unbranched alkanes of at least 4 members (excludes halogenated alkanes) is 32. The van der Waals surface area contributed by atoms with Gasteiger partial charge in [0.15, 0.2) is 12.2 Å². The third kappa shape index (κ3) is 59.7. The average Bonchev–Trinajstić information content (AvgIpc) is 3.67. The second-order valence-electron chi connectivity index (χ2n) is 25.4. The van der Waals surface area contributed by atoms with Crippen LogP contribution >= 0.6 is 15.6 Å². The molecule has 0 aliphatic rings. The molecule has 17 nitrogen and oxygen atoms in total. The van der Waals surface area contributed by atoms with E-state index in [2.05, 4.69) is 48.5 Å². The van der Waals surface area contributed by atoms with E-state index in [-0.39, 0.29) is 25.7 Å². The van der Waals surface area contributed by atoms with E-state index in [0.717, 1.165) is 114 Å². The molecule has 0 amide bonds. The van der Waals surface area contributed by atoms with Gasteiger partial charge in [-0.3, -0.25) is 37.3 Å². The van der Waals surface area contributed by atoms with Crippen LogP contribution in [-0.4, -0.2) is 96.7 Å². The fourth-order valence-corrected chi connectivity index (χ4v) is 11.6. The van der Waals surface area contributed by atoms with Crippen LogP contribution in [0.4, 0.5) is 0 Å². The first kappa shape index (κ1) is 84.1. The van der Waals surface area contributed by atoms with Crippen molar-refractivity contribution in [3.8, 4) is 0 Å². The Balaban J connectivity index is 5.26. The SMILES string of the molecule is CCCCCCCCCCCCCC(=O)O[C@H](COC(=O)CCCCCCCCC(C)CC)COP(=O)(O)OC[C@H](O)COP(=O)(O)OC[C@@H](COC(=O)CCCCCCCCCCCC(C)C)OC(=O)CCCCCCCCCCCCC(C)C. The number of esters is 4. The van der Waals surface area contributed by atoms with Gasteiger partial charge in [0.05, 0.1) is 26.4 Å². The summed E-state index contributed by atoms with van der Waals surface area (Å²) in [5, 5.41) is 10.6. The maximum absolute atomic E-state index is 13.0. The fraction of sp³-hybridized carbons (Fsp3) is 0.940. The van der Waals surface area contributed by atoms with Crippen LogP contribution in [0.3, 0.4) is 0 Å². The molecular formula is C67H130O17P2. The van der Waals surface area contributed by atoms with Gasteiger partial charge in [-0.15, -0.1) is 0 Å². The van der Waals surface area contributed by atoms with Gasteiger partial charge >= 0.3 is 39.5 Å². The zero-order valence-electron chi connectivity index (χ0n) is 55.8. The number of hydrogen-bond acceptors (Lipinski definition) is 15. The van der Waals surface area contributed by atoms with Crippen molar-refractivity contribution in [1.29, 1.82) is 0 Å². The Hall–Kier alpha value is -1.94. The molecular weight excluding hydrogens is 1140 g/mol. The van der Waals surface area contributed by atoms with Crippen LogP contribution in [-0.2, 0) is 65.4 Å². The van der Waals surface area contributed by atoms with Crippen LogP contribution in [0.25, 0.3) is 0 Å². The minimum absolute atomic E-state index is 0.105. The van der Waals surface area contributed by atoms with E-state index < -0.39 is 97.5 Å². The average molecular weight is 1270 g/mol. The Kier molecular flexibility index (Phi) is 56.9. The number of ether oxygens (including phenoxy) is 4. The molecule has 0 spiro atoms. The van der Waals surface area contributed by atoms with E-state index in [1.54, 1.807) is 0 Å². The largest absolute Gasteiger partial charge is 0.472 e. The highest BCUT2D eigenvalue weighted by Crippen LogP contribution is 2.45. The van der Waals surface area contributed by atoms with Gasteiger partial charge in [-0.05, 0) is 43.4 Å². The van der Waals surface area contributed by atoms with Crippen LogP contribution in [0.15, 0.2) is 0 Å². The molecule has 86 heavy (non-hydrogen) atoms. The lowest BCUT2D eigenvalue weighted by Gasteiger charge is -2.21. The minimum Gasteiger partial charge on any atom is -0.462 e. The van der Waals surface area contributed by atoms with Crippen molar-refractivity contribution in [3.05, 3.63) is 0 Å². The van der Waals surface area contributed by atoms with Crippen molar-refractivity contribution >= 4 is 39.5 Å². The highest BCUT2D eigenvalue weighted by atomic mass is 31.2. The Morgan fingerprint density at radius 3 is 0.884 bits per heavy atom. The minimum atomic E-state index is -4.95. The highest BCUT2D eigenvalue weighted by molar-refractivity contribution is 7.47. The van der Waals surface area contributed by atoms with Gasteiger partial charge in [-0.2, -0.15) is 0 Å². The molecule has 0 radical (unpaired) electrons. The third-order valence-electron chi connectivity index (χ3n) is 15.7. The summed E-state index contributed by atoms with van der Waals surface area (Å²) in [6.07, 6.45) is 40.3. The second-order valence-corrected chi connectivity index (χ2v) is 28.3. The molecule has 3 unspecified atom stereocenters. The van der Waals surface area contributed by atoms with Gasteiger partial charge in [0.2, 0.25) is 0 Å². The van der Waals surface area contributed by atoms with E-state index in [4.69, 9.17) is 37.0 Å². The molecule has 0 saturated carbocycles. The predicted molar refractivity (Wildman–Crippen MR) is 344 cm³/mol. The lowest BCUT2D eigenvalue weighted by atomic mass is 10.00. The van der Waals surface area contributed by atoms with Crippen LogP contribution in [0, 0.1) is 17.8 Å². The molecule has 0 aromatic carbocycles. The molecule has 510 valence electrons. The van der Waals surface area contributed by atoms with Crippen molar-refractivity contribution in [2.75, 3.05) is 39.6 Å². The van der Waals surface area contributed by atoms with Gasteiger partial charge in [-0.1, -0.05) is 280 Å². The Labute approximate surface area is 524 Å². The number of phosphoric acid groups is 2. The van der Waals surface area contributed by atoms with E-state index in [0.29, 0.717) is 25.7 Å². The molecule has 0 saturated heterocycles. The number of rotatable bonds is 65. The smallest absolute Gasteiger partial charge is 0.462 e. The summed E-state index contributed by atoms with van der Waals surface area (Å²) in [4.78, 5) is 72.4. The molecule has 0 fully saturated rings. The Morgan fingerprint density at radius 1 is 0.337 bits per heavy atom. The monoisotopic (exact) mass is 1270 g/mol. The second kappa shape index (κ2) is 58.2. The summed E-state index contributed by atoms with van der Waals surface area (Å²) < 4.78 is 68.1. The zero-order chi connectivity index (χ0) is 63.8. The van der Waals surface area contributed by atoms with Gasteiger partial charge in [-0.25, -0.2) is 9.13 Å². The molecule has 19 heteroatoms. The number of carbonyl (C=O) groups excluding carboxylic acids is 4. The lowest BCUT2D eigenvalue weighted by Crippen LogP contribution is -2.30. The van der Waals surface area contributed by atoms with E-state index in [1.165, 1.54) is 135 Å². The molecule has 0 bridgehead atoms. The number of carbonyl (C=O) groups is 4. The molecule has 0 rings (SSSR count). The van der Waals surface area contributed by atoms with Crippen molar-refractivity contribution in [3.63, 3.8) is 0 Å². The van der Waals surface area contributed by atoms with Gasteiger partial charge < -0.3 is 33.8 Å². The first-order valence-corrected chi connectivity index (χ1v) is 37.9. The molecule has 3 N–H and O–H groups in total. The lowest BCUT2D eigenvalue weighted by molar-refractivity contribution is -0.161. The maximum Gasteiger partial charge on any atom is 0.472 e. The van der Waals surface area contributed by atoms with Gasteiger partial charge in [0, 0.05) is 25.7 Å². The van der Waals surface area contributed by atoms with Crippen LogP contribution in [0.2, 0.25) is 0 Å². The molecule has 6 atom stereocenters. The summed E-state index contributed by atoms with van der Waals surface area (Å²) in [6.45, 7) is 11.8. The number of hydrogen-bond donors (Lipinski definition) is 3. The molecule has 0 aromatic heterocycles. The van der Waals surface area contributed by atoms with Crippen molar-refractivity contribution in [2.24, 2.45) is 17.8 Å². The number of aliphatic hydroxyl groups is 1. The van der Waals surface area contributed by atoms with Crippen LogP contribution < -0.4 is 0 Å². The maximum atomic E-state index is 13.0. The molecule has 0 aromatic rings. The highest BCUT2D eigenvalue weighted by Gasteiger charge is 2.30. The number of aliphatic hydroxyl groups excluding tert-OH is 1. The summed E-state index contributed by atoms with van der Waals surface area (Å²) in [5.74, 6) is 0.0958. The van der Waals surface area contributed by atoms with Crippen molar-refractivity contribution < 1.29 is 80.2 Å². The Bertz CT molecular complexity index is 1700. The van der Waals surface area contributed by atoms with E-state index >= 15 is 0 Å². The number of phosphoric ester groups is 2. The molecule has 0 aliphatic heterocycles. The first-order valence-electron chi connectivity index (χ1n) is 34.9. The predicted octanol–water partition coefficient (Wildman–Crippen LogP) is 18.7. The summed E-state index contributed by atoms with van der Waals surface area (Å²) >= 11 is 0. The van der Waals surface area contributed by atoms with E-state index in [9.17, 15) is 43.2 Å². The first-order chi connectivity index (χ1) is 41.3. The Morgan fingerprint density at radius 2 is 0.593 bits per heavy atom. The summed E-state index contributed by atoms with van der Waals surface area (Å²) in [7, 11) is -9.89. The molecule has 0 heterocycles. The zero-order valence-corrected chi connectivity index (χ0v) is 57.6.